The van der Waals surface area contributed by atoms with Crippen LogP contribution in [0.2, 0.25) is 0 Å². The number of H-pyrrole nitrogens is 1. The largest absolute Gasteiger partial charge is 0.491 e. The fourth-order valence-electron chi connectivity index (χ4n) is 6.94. The molecule has 0 unspecified atom stereocenters. The van der Waals surface area contributed by atoms with Crippen LogP contribution < -0.4 is 9.64 Å². The Labute approximate surface area is 266 Å². The molecule has 2 aromatic carbocycles. The summed E-state index contributed by atoms with van der Waals surface area (Å²) in [7, 11) is 0. The third kappa shape index (κ3) is 5.15. The average Bonchev–Trinajstić information content (AvgIpc) is 3.84. The third-order valence-electron chi connectivity index (χ3n) is 9.79. The van der Waals surface area contributed by atoms with Crippen LogP contribution in [-0.2, 0) is 11.4 Å². The highest BCUT2D eigenvalue weighted by atomic mass is 19.1. The minimum atomic E-state index is -0.575. The van der Waals surface area contributed by atoms with Crippen molar-refractivity contribution in [1.29, 1.82) is 0 Å². The molecule has 0 atom stereocenters. The minimum absolute atomic E-state index is 0.0701. The van der Waals surface area contributed by atoms with Gasteiger partial charge < -0.3 is 24.6 Å². The Balaban J connectivity index is 1.10. The van der Waals surface area contributed by atoms with Gasteiger partial charge in [0.05, 0.1) is 25.4 Å². The van der Waals surface area contributed by atoms with E-state index in [1.807, 2.05) is 29.2 Å². The summed E-state index contributed by atoms with van der Waals surface area (Å²) in [5, 5.41) is 11.6. The topological polar surface area (TPSA) is 102 Å². The summed E-state index contributed by atoms with van der Waals surface area (Å²) in [4.78, 5) is 40.2. The number of amides is 2. The quantitative estimate of drug-likeness (QED) is 0.298. The number of hydrogen-bond donors (Lipinski definition) is 2. The molecule has 0 spiro atoms. The lowest BCUT2D eigenvalue weighted by Gasteiger charge is -2.33. The minimum Gasteiger partial charge on any atom is -0.491 e. The van der Waals surface area contributed by atoms with Crippen LogP contribution in [0.5, 0.6) is 5.75 Å². The monoisotopic (exact) mass is 621 g/mol. The predicted octanol–water partition coefficient (Wildman–Crippen LogP) is 5.10. The number of ether oxygens (including phenoxy) is 1. The number of carbonyl (C=O) groups excluding carboxylic acids is 2. The van der Waals surface area contributed by atoms with Crippen LogP contribution in [0.1, 0.15) is 58.8 Å². The lowest BCUT2D eigenvalue weighted by molar-refractivity contribution is -0.132. The van der Waals surface area contributed by atoms with Crippen LogP contribution >= 0.6 is 0 Å². The lowest BCUT2D eigenvalue weighted by atomic mass is 9.95. The Kier molecular flexibility index (Phi) is 7.33. The van der Waals surface area contributed by atoms with E-state index in [9.17, 15) is 14.7 Å². The summed E-state index contributed by atoms with van der Waals surface area (Å²) in [5.74, 6) is -0.267. The number of carbonyl (C=O) groups is 2. The number of aliphatic hydroxyl groups excluding tert-OH is 1. The number of aliphatic hydroxyl groups is 1. The van der Waals surface area contributed by atoms with Crippen LogP contribution in [-0.4, -0.2) is 82.6 Å². The third-order valence-corrected chi connectivity index (χ3v) is 9.79. The van der Waals surface area contributed by atoms with Gasteiger partial charge in [-0.1, -0.05) is 18.2 Å². The number of aromatic nitrogens is 2. The molecule has 1 aliphatic carbocycles. The molecule has 4 aliphatic rings. The molecular weight excluding hydrogens is 585 g/mol. The SMILES string of the molecule is O=C(CN1CCC1)N1CC=C(c2cc3c(-c4cccc(N5CCOc6cc(C7CC7)cc(F)c6C5=O)c4CO)ccnc3[nH]2)CC1. The molecule has 2 fully saturated rings. The second-order valence-electron chi connectivity index (χ2n) is 12.7. The highest BCUT2D eigenvalue weighted by molar-refractivity contribution is 6.09. The van der Waals surface area contributed by atoms with Gasteiger partial charge in [-0.05, 0) is 97.3 Å². The van der Waals surface area contributed by atoms with Crippen molar-refractivity contribution >= 4 is 34.1 Å². The normalized spacial score (nSPS) is 18.6. The van der Waals surface area contributed by atoms with Gasteiger partial charge in [0.2, 0.25) is 5.91 Å². The average molecular weight is 622 g/mol. The van der Waals surface area contributed by atoms with Crippen LogP contribution in [0.4, 0.5) is 10.1 Å². The molecule has 1 saturated heterocycles. The molecule has 9 nitrogen and oxygen atoms in total. The van der Waals surface area contributed by atoms with Crippen molar-refractivity contribution in [3.8, 4) is 16.9 Å². The second-order valence-corrected chi connectivity index (χ2v) is 12.7. The first-order valence-corrected chi connectivity index (χ1v) is 16.2. The maximum atomic E-state index is 15.4. The van der Waals surface area contributed by atoms with Crippen molar-refractivity contribution in [1.82, 2.24) is 19.8 Å². The second kappa shape index (κ2) is 11.7. The van der Waals surface area contributed by atoms with Crippen molar-refractivity contribution in [3.05, 3.63) is 82.9 Å². The first-order chi connectivity index (χ1) is 22.5. The van der Waals surface area contributed by atoms with E-state index in [0.29, 0.717) is 42.5 Å². The molecule has 4 aromatic rings. The number of halogens is 1. The van der Waals surface area contributed by atoms with E-state index in [-0.39, 0.29) is 37.0 Å². The molecule has 10 heteroatoms. The van der Waals surface area contributed by atoms with Crippen LogP contribution in [0.15, 0.2) is 54.7 Å². The molecule has 1 saturated carbocycles. The Bertz CT molecular complexity index is 1890. The zero-order valence-corrected chi connectivity index (χ0v) is 25.6. The zero-order valence-electron chi connectivity index (χ0n) is 25.6. The van der Waals surface area contributed by atoms with Gasteiger partial charge in [0, 0.05) is 35.9 Å². The Hall–Kier alpha value is -4.54. The fourth-order valence-corrected chi connectivity index (χ4v) is 6.94. The molecular formula is C36H36FN5O4. The van der Waals surface area contributed by atoms with Gasteiger partial charge in [-0.2, -0.15) is 0 Å². The number of nitrogens with one attached hydrogen (secondary N) is 1. The maximum Gasteiger partial charge on any atom is 0.265 e. The van der Waals surface area contributed by atoms with Gasteiger partial charge in [-0.25, -0.2) is 9.37 Å². The van der Waals surface area contributed by atoms with Crippen LogP contribution in [0.3, 0.4) is 0 Å². The van der Waals surface area contributed by atoms with E-state index in [2.05, 4.69) is 27.0 Å². The van der Waals surface area contributed by atoms with Crippen LogP contribution in [0.25, 0.3) is 27.7 Å². The smallest absolute Gasteiger partial charge is 0.265 e. The summed E-state index contributed by atoms with van der Waals surface area (Å²) < 4.78 is 21.3. The van der Waals surface area contributed by atoms with Gasteiger partial charge in [0.15, 0.2) is 0 Å². The molecule has 2 amide bonds. The summed E-state index contributed by atoms with van der Waals surface area (Å²) >= 11 is 0. The summed E-state index contributed by atoms with van der Waals surface area (Å²) in [5.41, 5.74) is 6.31. The molecule has 236 valence electrons. The van der Waals surface area contributed by atoms with E-state index in [4.69, 9.17) is 4.74 Å². The first-order valence-electron chi connectivity index (χ1n) is 16.2. The van der Waals surface area contributed by atoms with Crippen molar-refractivity contribution in [2.45, 2.75) is 38.2 Å². The van der Waals surface area contributed by atoms with E-state index in [1.54, 1.807) is 12.3 Å². The van der Waals surface area contributed by atoms with Crippen molar-refractivity contribution < 1.29 is 23.8 Å². The molecule has 3 aliphatic heterocycles. The molecule has 0 radical (unpaired) electrons. The first kappa shape index (κ1) is 28.9. The molecule has 8 rings (SSSR count). The number of benzene rings is 2. The Morgan fingerprint density at radius 1 is 1.09 bits per heavy atom. The number of hydrogen-bond acceptors (Lipinski definition) is 6. The van der Waals surface area contributed by atoms with Gasteiger partial charge >= 0.3 is 0 Å². The number of nitrogens with zero attached hydrogens (tertiary/aromatic N) is 4. The summed E-state index contributed by atoms with van der Waals surface area (Å²) in [6, 6.07) is 12.8. The lowest BCUT2D eigenvalue weighted by Crippen LogP contribution is -2.46. The number of fused-ring (bicyclic) bond motifs is 2. The standard InChI is InChI=1S/C36H36FN5O4/c37-29-17-24(22-5-6-22)18-32-34(29)36(45)42(15-16-46-32)31-4-1-3-25(28(31)21-43)26-7-10-38-35-27(26)19-30(39-35)23-8-13-41(14-9-23)33(44)20-40-11-2-12-40/h1,3-4,7-8,10,17-19,22,43H,2,5-6,9,11-16,20-21H2,(H,38,39). The molecule has 0 bridgehead atoms. The zero-order chi connectivity index (χ0) is 31.4. The van der Waals surface area contributed by atoms with E-state index >= 15 is 4.39 Å². The van der Waals surface area contributed by atoms with Crippen LogP contribution in [0, 0.1) is 5.82 Å². The Morgan fingerprint density at radius 2 is 1.96 bits per heavy atom. The van der Waals surface area contributed by atoms with Gasteiger partial charge in [-0.3, -0.25) is 14.5 Å². The highest BCUT2D eigenvalue weighted by Gasteiger charge is 2.33. The number of likely N-dealkylation sites (tertiary alicyclic amines) is 1. The van der Waals surface area contributed by atoms with E-state index in [1.165, 1.54) is 17.4 Å². The number of pyridine rings is 1. The fraction of sp³-hybridized carbons (Fsp3) is 0.361. The predicted molar refractivity (Wildman–Crippen MR) is 173 cm³/mol. The van der Waals surface area contributed by atoms with Crippen molar-refractivity contribution in [2.75, 3.05) is 50.8 Å². The summed E-state index contributed by atoms with van der Waals surface area (Å²) in [6.45, 7) is 3.85. The molecule has 5 heterocycles. The van der Waals surface area contributed by atoms with Gasteiger partial charge in [0.1, 0.15) is 29.4 Å². The summed E-state index contributed by atoms with van der Waals surface area (Å²) in [6.07, 6.45) is 7.78. The molecule has 2 aromatic heterocycles. The molecule has 46 heavy (non-hydrogen) atoms. The maximum absolute atomic E-state index is 15.4. The van der Waals surface area contributed by atoms with Gasteiger partial charge in [0.25, 0.3) is 5.91 Å². The number of anilines is 1. The highest BCUT2D eigenvalue weighted by Crippen LogP contribution is 2.44. The number of rotatable bonds is 7. The van der Waals surface area contributed by atoms with Gasteiger partial charge in [-0.15, -0.1) is 0 Å². The van der Waals surface area contributed by atoms with E-state index in [0.717, 1.165) is 65.7 Å². The Morgan fingerprint density at radius 3 is 2.70 bits per heavy atom. The molecule has 2 N–H and O–H groups in total. The van der Waals surface area contributed by atoms with E-state index < -0.39 is 11.7 Å². The van der Waals surface area contributed by atoms with Crippen molar-refractivity contribution in [2.24, 2.45) is 0 Å². The van der Waals surface area contributed by atoms with Crippen molar-refractivity contribution in [3.63, 3.8) is 0 Å². The number of aromatic amines is 1.